The van der Waals surface area contributed by atoms with Gasteiger partial charge >= 0.3 is 12.1 Å². The molecule has 2 N–H and O–H groups in total. The standard InChI is InChI=1S/C17H27NO6Si/c1-17(2,3)25(4,5)18(14(11-19)15(20)21)24-16(22)23-12-13-9-7-6-8-10-13/h6-10,14,19H,11-12H2,1-5H3,(H,20,21)/t14-/m1/s1. The number of ether oxygens (including phenoxy) is 1. The van der Waals surface area contributed by atoms with Gasteiger partial charge < -0.3 is 19.8 Å². The second kappa shape index (κ2) is 8.46. The SMILES string of the molecule is CC(C)(C)[Si](C)(C)N(OC(=O)OCc1ccccc1)[C@H](CO)C(=O)O. The lowest BCUT2D eigenvalue weighted by molar-refractivity contribution is -0.161. The zero-order valence-corrected chi connectivity index (χ0v) is 16.4. The van der Waals surface area contributed by atoms with E-state index in [1.807, 2.05) is 52.1 Å². The van der Waals surface area contributed by atoms with Gasteiger partial charge in [0.05, 0.1) is 6.61 Å². The molecule has 0 saturated heterocycles. The van der Waals surface area contributed by atoms with Crippen LogP contribution in [0.1, 0.15) is 26.3 Å². The van der Waals surface area contributed by atoms with Crippen LogP contribution < -0.4 is 0 Å². The summed E-state index contributed by atoms with van der Waals surface area (Å²) in [5.41, 5.74) is 0.787. The Balaban J connectivity index is 2.92. The Labute approximate surface area is 149 Å². The highest BCUT2D eigenvalue weighted by Gasteiger charge is 2.49. The van der Waals surface area contributed by atoms with Gasteiger partial charge in [0, 0.05) is 0 Å². The normalized spacial score (nSPS) is 13.4. The van der Waals surface area contributed by atoms with Crippen molar-refractivity contribution in [3.05, 3.63) is 35.9 Å². The van der Waals surface area contributed by atoms with E-state index < -0.39 is 33.0 Å². The predicted molar refractivity (Wildman–Crippen MR) is 95.3 cm³/mol. The number of aliphatic hydroxyl groups excluding tert-OH is 1. The Hall–Kier alpha value is -1.90. The van der Waals surface area contributed by atoms with E-state index in [0.29, 0.717) is 0 Å². The van der Waals surface area contributed by atoms with Crippen LogP contribution in [-0.4, -0.2) is 48.0 Å². The molecule has 1 aromatic carbocycles. The van der Waals surface area contributed by atoms with Crippen LogP contribution in [0.15, 0.2) is 30.3 Å². The number of benzene rings is 1. The van der Waals surface area contributed by atoms with Gasteiger partial charge in [-0.2, -0.15) is 0 Å². The van der Waals surface area contributed by atoms with Crippen molar-refractivity contribution >= 4 is 20.4 Å². The number of hydroxylamine groups is 1. The first-order valence-electron chi connectivity index (χ1n) is 8.02. The van der Waals surface area contributed by atoms with E-state index in [0.717, 1.165) is 10.3 Å². The highest BCUT2D eigenvalue weighted by molar-refractivity contribution is 6.77. The van der Waals surface area contributed by atoms with Crippen molar-refractivity contribution in [2.24, 2.45) is 0 Å². The molecule has 0 aromatic heterocycles. The molecule has 1 rings (SSSR count). The lowest BCUT2D eigenvalue weighted by Gasteiger charge is -2.45. The highest BCUT2D eigenvalue weighted by Crippen LogP contribution is 2.39. The van der Waals surface area contributed by atoms with Crippen molar-refractivity contribution in [1.29, 1.82) is 0 Å². The molecule has 0 saturated carbocycles. The zero-order valence-electron chi connectivity index (χ0n) is 15.4. The molecule has 0 spiro atoms. The van der Waals surface area contributed by atoms with Crippen LogP contribution >= 0.6 is 0 Å². The second-order valence-electron chi connectivity index (χ2n) is 7.29. The Morgan fingerprint density at radius 2 is 1.76 bits per heavy atom. The molecule has 25 heavy (non-hydrogen) atoms. The Morgan fingerprint density at radius 1 is 1.20 bits per heavy atom. The van der Waals surface area contributed by atoms with Gasteiger partial charge in [0.2, 0.25) is 0 Å². The summed E-state index contributed by atoms with van der Waals surface area (Å²) in [6.45, 7) is 8.94. The number of carbonyl (C=O) groups excluding carboxylic acids is 1. The van der Waals surface area contributed by atoms with Crippen LogP contribution in [0, 0.1) is 0 Å². The third-order valence-electron chi connectivity index (χ3n) is 4.50. The van der Waals surface area contributed by atoms with E-state index in [9.17, 15) is 19.8 Å². The lowest BCUT2D eigenvalue weighted by Crippen LogP contribution is -2.62. The first-order valence-corrected chi connectivity index (χ1v) is 11.0. The molecule has 0 heterocycles. The number of carboxylic acids is 1. The molecule has 0 unspecified atom stereocenters. The lowest BCUT2D eigenvalue weighted by atomic mass is 10.2. The number of aliphatic hydroxyl groups is 1. The topological polar surface area (TPSA) is 96.3 Å². The largest absolute Gasteiger partial charge is 0.527 e. The van der Waals surface area contributed by atoms with Gasteiger partial charge in [-0.3, -0.25) is 4.79 Å². The summed E-state index contributed by atoms with van der Waals surface area (Å²) in [5.74, 6) is -1.26. The fraction of sp³-hybridized carbons (Fsp3) is 0.529. The van der Waals surface area contributed by atoms with Crippen LogP contribution in [0.5, 0.6) is 0 Å². The highest BCUT2D eigenvalue weighted by atomic mass is 28.3. The zero-order chi connectivity index (χ0) is 19.3. The Bertz CT molecular complexity index is 585. The van der Waals surface area contributed by atoms with E-state index >= 15 is 0 Å². The predicted octanol–water partition coefficient (Wildman–Crippen LogP) is 3.01. The summed E-state index contributed by atoms with van der Waals surface area (Å²) in [5, 5.41) is 18.6. The van der Waals surface area contributed by atoms with E-state index in [1.165, 1.54) is 0 Å². The monoisotopic (exact) mass is 369 g/mol. The Kier molecular flexibility index (Phi) is 7.15. The van der Waals surface area contributed by atoms with Gasteiger partial charge in [0.25, 0.3) is 0 Å². The molecule has 8 heteroatoms. The molecule has 0 amide bonds. The smallest absolute Gasteiger partial charge is 0.480 e. The Morgan fingerprint density at radius 3 is 2.20 bits per heavy atom. The number of carboxylic acid groups (broad SMARTS) is 1. The van der Waals surface area contributed by atoms with Gasteiger partial charge in [0.1, 0.15) is 6.61 Å². The quantitative estimate of drug-likeness (QED) is 0.433. The minimum atomic E-state index is -2.58. The van der Waals surface area contributed by atoms with Crippen LogP contribution in [0.4, 0.5) is 4.79 Å². The number of aliphatic carboxylic acids is 1. The maximum atomic E-state index is 12.1. The summed E-state index contributed by atoms with van der Waals surface area (Å²) < 4.78 is 6.23. The minimum Gasteiger partial charge on any atom is -0.480 e. The van der Waals surface area contributed by atoms with E-state index in [4.69, 9.17) is 9.57 Å². The summed E-state index contributed by atoms with van der Waals surface area (Å²) in [4.78, 5) is 28.9. The van der Waals surface area contributed by atoms with Gasteiger partial charge in [-0.15, -0.1) is 4.73 Å². The van der Waals surface area contributed by atoms with Gasteiger partial charge in [-0.1, -0.05) is 64.2 Å². The molecule has 0 bridgehead atoms. The van der Waals surface area contributed by atoms with Crippen molar-refractivity contribution in [1.82, 2.24) is 4.73 Å². The maximum absolute atomic E-state index is 12.1. The molecule has 140 valence electrons. The van der Waals surface area contributed by atoms with Gasteiger partial charge in [0.15, 0.2) is 14.3 Å². The molecule has 7 nitrogen and oxygen atoms in total. The van der Waals surface area contributed by atoms with Crippen LogP contribution in [-0.2, 0) is 21.0 Å². The average Bonchev–Trinajstić information content (AvgIpc) is 2.52. The first kappa shape index (κ1) is 21.1. The molecule has 1 aromatic rings. The summed E-state index contributed by atoms with van der Waals surface area (Å²) in [6.07, 6.45) is -0.992. The van der Waals surface area contributed by atoms with Crippen molar-refractivity contribution in [3.63, 3.8) is 0 Å². The average molecular weight is 369 g/mol. The summed E-state index contributed by atoms with van der Waals surface area (Å²) >= 11 is 0. The fourth-order valence-corrected chi connectivity index (χ4v) is 3.91. The second-order valence-corrected chi connectivity index (χ2v) is 12.3. The van der Waals surface area contributed by atoms with Crippen molar-refractivity contribution in [2.45, 2.75) is 51.6 Å². The maximum Gasteiger partial charge on any atom is 0.527 e. The number of carbonyl (C=O) groups is 2. The number of nitrogens with zero attached hydrogens (tertiary/aromatic N) is 1. The third kappa shape index (κ3) is 5.55. The minimum absolute atomic E-state index is 0.0158. The first-order chi connectivity index (χ1) is 11.5. The number of hydrogen-bond acceptors (Lipinski definition) is 6. The van der Waals surface area contributed by atoms with Crippen molar-refractivity contribution in [2.75, 3.05) is 6.61 Å². The third-order valence-corrected chi connectivity index (χ3v) is 9.68. The molecule has 0 aliphatic heterocycles. The van der Waals surface area contributed by atoms with E-state index in [2.05, 4.69) is 0 Å². The molecule has 0 aliphatic rings. The van der Waals surface area contributed by atoms with Crippen molar-refractivity contribution < 1.29 is 29.4 Å². The number of rotatable bonds is 7. The molecule has 1 atom stereocenters. The fourth-order valence-electron chi connectivity index (χ4n) is 1.97. The van der Waals surface area contributed by atoms with E-state index in [-0.39, 0.29) is 11.6 Å². The summed E-state index contributed by atoms with van der Waals surface area (Å²) in [7, 11) is -2.58. The molecule has 0 radical (unpaired) electrons. The van der Waals surface area contributed by atoms with Crippen molar-refractivity contribution in [3.8, 4) is 0 Å². The molecular weight excluding hydrogens is 342 g/mol. The van der Waals surface area contributed by atoms with Crippen LogP contribution in [0.3, 0.4) is 0 Å². The molecular formula is C17H27NO6Si. The molecule has 0 aliphatic carbocycles. The number of hydrogen-bond donors (Lipinski definition) is 2. The van der Waals surface area contributed by atoms with Gasteiger partial charge in [-0.05, 0) is 10.6 Å². The van der Waals surface area contributed by atoms with Gasteiger partial charge in [-0.25, -0.2) is 4.79 Å². The molecule has 0 fully saturated rings. The van der Waals surface area contributed by atoms with Crippen LogP contribution in [0.25, 0.3) is 0 Å². The summed E-state index contributed by atoms with van der Waals surface area (Å²) in [6, 6.07) is 7.74. The van der Waals surface area contributed by atoms with E-state index in [1.54, 1.807) is 12.1 Å². The van der Waals surface area contributed by atoms with Crippen LogP contribution in [0.2, 0.25) is 18.1 Å².